The molecule has 0 saturated heterocycles. The lowest BCUT2D eigenvalue weighted by molar-refractivity contribution is 0.628. The first kappa shape index (κ1) is 10.7. The van der Waals surface area contributed by atoms with Crippen molar-refractivity contribution in [1.82, 2.24) is 0 Å². The minimum Gasteiger partial charge on any atom is -0.207 e. The van der Waals surface area contributed by atoms with Crippen molar-refractivity contribution in [3.05, 3.63) is 57.8 Å². The standard InChI is InChI=1S/C12H7BrClF/c13-9-3-1-2-8(6-9)11-5-4-10(15)7-12(11)14/h1-7H. The highest BCUT2D eigenvalue weighted by Crippen LogP contribution is 2.29. The molecule has 0 aliphatic heterocycles. The molecular formula is C12H7BrClF. The molecule has 0 fully saturated rings. The van der Waals surface area contributed by atoms with Gasteiger partial charge in [-0.15, -0.1) is 0 Å². The normalized spacial score (nSPS) is 10.3. The van der Waals surface area contributed by atoms with E-state index in [4.69, 9.17) is 11.6 Å². The third-order valence-electron chi connectivity index (χ3n) is 2.07. The Bertz CT molecular complexity index is 497. The van der Waals surface area contributed by atoms with E-state index in [0.29, 0.717) is 5.02 Å². The molecule has 0 saturated carbocycles. The third kappa shape index (κ3) is 2.39. The summed E-state index contributed by atoms with van der Waals surface area (Å²) in [6.07, 6.45) is 0. The van der Waals surface area contributed by atoms with Gasteiger partial charge in [0, 0.05) is 10.0 Å². The lowest BCUT2D eigenvalue weighted by atomic mass is 10.1. The highest BCUT2D eigenvalue weighted by atomic mass is 79.9. The van der Waals surface area contributed by atoms with Gasteiger partial charge in [-0.05, 0) is 35.9 Å². The lowest BCUT2D eigenvalue weighted by Gasteiger charge is -2.04. The van der Waals surface area contributed by atoms with Crippen LogP contribution in [0.3, 0.4) is 0 Å². The van der Waals surface area contributed by atoms with Gasteiger partial charge in [0.15, 0.2) is 0 Å². The zero-order chi connectivity index (χ0) is 10.8. The summed E-state index contributed by atoms with van der Waals surface area (Å²) in [7, 11) is 0. The van der Waals surface area contributed by atoms with E-state index >= 15 is 0 Å². The molecule has 2 aromatic carbocycles. The van der Waals surface area contributed by atoms with Crippen LogP contribution in [0.25, 0.3) is 11.1 Å². The average molecular weight is 286 g/mol. The topological polar surface area (TPSA) is 0 Å². The van der Waals surface area contributed by atoms with Crippen LogP contribution in [0.4, 0.5) is 4.39 Å². The number of benzene rings is 2. The summed E-state index contributed by atoms with van der Waals surface area (Å²) in [6.45, 7) is 0. The molecule has 0 radical (unpaired) electrons. The van der Waals surface area contributed by atoms with Gasteiger partial charge >= 0.3 is 0 Å². The molecule has 0 aliphatic carbocycles. The Morgan fingerprint density at radius 1 is 1.07 bits per heavy atom. The zero-order valence-corrected chi connectivity index (χ0v) is 10.0. The second-order valence-corrected chi connectivity index (χ2v) is 4.46. The molecule has 15 heavy (non-hydrogen) atoms. The molecule has 0 N–H and O–H groups in total. The van der Waals surface area contributed by atoms with Crippen LogP contribution >= 0.6 is 27.5 Å². The molecule has 0 spiro atoms. The first-order valence-corrected chi connectivity index (χ1v) is 5.55. The van der Waals surface area contributed by atoms with Crippen LogP contribution in [0.15, 0.2) is 46.9 Å². The molecule has 0 amide bonds. The van der Waals surface area contributed by atoms with Crippen molar-refractivity contribution >= 4 is 27.5 Å². The van der Waals surface area contributed by atoms with Crippen molar-refractivity contribution in [2.24, 2.45) is 0 Å². The van der Waals surface area contributed by atoms with Crippen molar-refractivity contribution in [3.63, 3.8) is 0 Å². The molecule has 0 bridgehead atoms. The first-order chi connectivity index (χ1) is 7.16. The quantitative estimate of drug-likeness (QED) is 0.698. The molecule has 0 nitrogen and oxygen atoms in total. The largest absolute Gasteiger partial charge is 0.207 e. The van der Waals surface area contributed by atoms with Crippen molar-refractivity contribution in [1.29, 1.82) is 0 Å². The van der Waals surface area contributed by atoms with Gasteiger partial charge in [-0.25, -0.2) is 4.39 Å². The summed E-state index contributed by atoms with van der Waals surface area (Å²) in [5.74, 6) is -0.321. The van der Waals surface area contributed by atoms with E-state index in [1.165, 1.54) is 12.1 Å². The Labute approximate surface area is 101 Å². The van der Waals surface area contributed by atoms with Gasteiger partial charge < -0.3 is 0 Å². The van der Waals surface area contributed by atoms with Crippen molar-refractivity contribution < 1.29 is 4.39 Å². The lowest BCUT2D eigenvalue weighted by Crippen LogP contribution is -1.81. The van der Waals surface area contributed by atoms with Gasteiger partial charge in [-0.2, -0.15) is 0 Å². The van der Waals surface area contributed by atoms with E-state index in [2.05, 4.69) is 15.9 Å². The third-order valence-corrected chi connectivity index (χ3v) is 2.87. The van der Waals surface area contributed by atoms with Crippen molar-refractivity contribution in [3.8, 4) is 11.1 Å². The number of hydrogen-bond acceptors (Lipinski definition) is 0. The second kappa shape index (κ2) is 4.33. The summed E-state index contributed by atoms with van der Waals surface area (Å²) in [4.78, 5) is 0. The average Bonchev–Trinajstić information content (AvgIpc) is 2.17. The minimum atomic E-state index is -0.321. The predicted octanol–water partition coefficient (Wildman–Crippen LogP) is 4.91. The van der Waals surface area contributed by atoms with Gasteiger partial charge in [0.1, 0.15) is 5.82 Å². The summed E-state index contributed by atoms with van der Waals surface area (Å²) in [6, 6.07) is 12.1. The van der Waals surface area contributed by atoms with E-state index in [0.717, 1.165) is 15.6 Å². The van der Waals surface area contributed by atoms with Gasteiger partial charge in [-0.1, -0.05) is 39.7 Å². The molecule has 76 valence electrons. The molecular weight excluding hydrogens is 278 g/mol. The maximum Gasteiger partial charge on any atom is 0.124 e. The van der Waals surface area contributed by atoms with E-state index in [1.54, 1.807) is 6.07 Å². The molecule has 3 heteroatoms. The van der Waals surface area contributed by atoms with Gasteiger partial charge in [0.05, 0.1) is 5.02 Å². The number of halogens is 3. The number of hydrogen-bond donors (Lipinski definition) is 0. The molecule has 0 aromatic heterocycles. The Balaban J connectivity index is 2.54. The van der Waals surface area contributed by atoms with Crippen LogP contribution in [-0.4, -0.2) is 0 Å². The Morgan fingerprint density at radius 3 is 2.53 bits per heavy atom. The second-order valence-electron chi connectivity index (χ2n) is 3.13. The summed E-state index contributed by atoms with van der Waals surface area (Å²) in [5, 5.41) is 0.424. The predicted molar refractivity (Wildman–Crippen MR) is 64.5 cm³/mol. The summed E-state index contributed by atoms with van der Waals surface area (Å²) >= 11 is 9.34. The number of rotatable bonds is 1. The summed E-state index contributed by atoms with van der Waals surface area (Å²) in [5.41, 5.74) is 1.80. The van der Waals surface area contributed by atoms with Crippen LogP contribution < -0.4 is 0 Å². The van der Waals surface area contributed by atoms with Crippen molar-refractivity contribution in [2.75, 3.05) is 0 Å². The van der Waals surface area contributed by atoms with E-state index in [1.807, 2.05) is 24.3 Å². The van der Waals surface area contributed by atoms with E-state index in [9.17, 15) is 4.39 Å². The SMILES string of the molecule is Fc1ccc(-c2cccc(Br)c2)c(Cl)c1. The van der Waals surface area contributed by atoms with Gasteiger partial charge in [0.2, 0.25) is 0 Å². The van der Waals surface area contributed by atoms with E-state index in [-0.39, 0.29) is 5.82 Å². The smallest absolute Gasteiger partial charge is 0.124 e. The summed E-state index contributed by atoms with van der Waals surface area (Å²) < 4.78 is 13.8. The first-order valence-electron chi connectivity index (χ1n) is 4.38. The van der Waals surface area contributed by atoms with Gasteiger partial charge in [0.25, 0.3) is 0 Å². The van der Waals surface area contributed by atoms with Crippen molar-refractivity contribution in [2.45, 2.75) is 0 Å². The zero-order valence-electron chi connectivity index (χ0n) is 7.68. The maximum atomic E-state index is 12.8. The van der Waals surface area contributed by atoms with E-state index < -0.39 is 0 Å². The Morgan fingerprint density at radius 2 is 1.87 bits per heavy atom. The Hall–Kier alpha value is -0.860. The minimum absolute atomic E-state index is 0.321. The molecule has 0 aliphatic rings. The highest BCUT2D eigenvalue weighted by Gasteiger charge is 2.04. The van der Waals surface area contributed by atoms with Gasteiger partial charge in [-0.3, -0.25) is 0 Å². The highest BCUT2D eigenvalue weighted by molar-refractivity contribution is 9.10. The maximum absolute atomic E-state index is 12.8. The fourth-order valence-corrected chi connectivity index (χ4v) is 2.06. The molecule has 0 unspecified atom stereocenters. The fourth-order valence-electron chi connectivity index (χ4n) is 1.38. The van der Waals surface area contributed by atoms with Crippen LogP contribution in [0.1, 0.15) is 0 Å². The molecule has 2 rings (SSSR count). The van der Waals surface area contributed by atoms with Crippen LogP contribution in [-0.2, 0) is 0 Å². The fraction of sp³-hybridized carbons (Fsp3) is 0. The Kier molecular flexibility index (Phi) is 3.08. The molecule has 2 aromatic rings. The monoisotopic (exact) mass is 284 g/mol. The molecule has 0 atom stereocenters. The van der Waals surface area contributed by atoms with Crippen LogP contribution in [0.2, 0.25) is 5.02 Å². The van der Waals surface area contributed by atoms with Crippen LogP contribution in [0.5, 0.6) is 0 Å². The van der Waals surface area contributed by atoms with Crippen LogP contribution in [0, 0.1) is 5.82 Å². The molecule has 0 heterocycles.